The number of ether oxygens (including phenoxy) is 2. The Morgan fingerprint density at radius 2 is 1.90 bits per heavy atom. The van der Waals surface area contributed by atoms with Crippen molar-refractivity contribution in [2.45, 2.75) is 46.3 Å². The second-order valence-corrected chi connectivity index (χ2v) is 8.20. The maximum absolute atomic E-state index is 12.4. The Balaban J connectivity index is 1.65. The lowest BCUT2D eigenvalue weighted by Gasteiger charge is -2.29. The number of carbonyl (C=O) groups is 2. The fourth-order valence-electron chi connectivity index (χ4n) is 3.09. The lowest BCUT2D eigenvalue weighted by molar-refractivity contribution is -0.118. The van der Waals surface area contributed by atoms with Gasteiger partial charge < -0.3 is 19.7 Å². The van der Waals surface area contributed by atoms with E-state index in [1.165, 1.54) is 0 Å². The fourth-order valence-corrected chi connectivity index (χ4v) is 3.09. The first-order valence-electron chi connectivity index (χ1n) is 9.64. The molecule has 0 saturated carbocycles. The highest BCUT2D eigenvalue weighted by atomic mass is 16.6. The summed E-state index contributed by atoms with van der Waals surface area (Å²) >= 11 is 0. The summed E-state index contributed by atoms with van der Waals surface area (Å²) in [6, 6.07) is 7.51. The average Bonchev–Trinajstić information content (AvgIpc) is 2.94. The van der Waals surface area contributed by atoms with E-state index in [2.05, 4.69) is 10.4 Å². The number of fused-ring (bicyclic) bond motifs is 1. The first-order chi connectivity index (χ1) is 13.6. The molecule has 2 amide bonds. The number of carbonyl (C=O) groups excluding carboxylic acids is 2. The monoisotopic (exact) mass is 400 g/mol. The minimum Gasteiger partial charge on any atom is -0.484 e. The summed E-state index contributed by atoms with van der Waals surface area (Å²) in [5.74, 6) is 0.922. The van der Waals surface area contributed by atoms with Crippen molar-refractivity contribution in [3.63, 3.8) is 0 Å². The summed E-state index contributed by atoms with van der Waals surface area (Å²) in [5, 5.41) is 7.35. The minimum atomic E-state index is -0.559. The van der Waals surface area contributed by atoms with Crippen molar-refractivity contribution in [1.29, 1.82) is 0 Å². The first kappa shape index (κ1) is 20.7. The van der Waals surface area contributed by atoms with Gasteiger partial charge in [-0.3, -0.25) is 9.48 Å². The molecule has 1 N–H and O–H groups in total. The van der Waals surface area contributed by atoms with Crippen molar-refractivity contribution in [3.8, 4) is 5.75 Å². The van der Waals surface area contributed by atoms with Gasteiger partial charge in [0.15, 0.2) is 6.61 Å². The summed E-state index contributed by atoms with van der Waals surface area (Å²) in [5.41, 5.74) is 2.27. The first-order valence-corrected chi connectivity index (χ1v) is 9.64. The molecule has 0 fully saturated rings. The van der Waals surface area contributed by atoms with Gasteiger partial charge in [-0.1, -0.05) is 17.7 Å². The van der Waals surface area contributed by atoms with Crippen LogP contribution in [0.4, 0.5) is 10.6 Å². The fraction of sp³-hybridized carbons (Fsp3) is 0.476. The van der Waals surface area contributed by atoms with Gasteiger partial charge >= 0.3 is 6.09 Å². The number of hydrogen-bond acceptors (Lipinski definition) is 5. The molecule has 1 aromatic heterocycles. The second-order valence-electron chi connectivity index (χ2n) is 8.20. The molecule has 0 bridgehead atoms. The number of hydrogen-bond donors (Lipinski definition) is 1. The molecule has 0 aliphatic carbocycles. The number of amides is 2. The molecule has 0 atom stereocenters. The van der Waals surface area contributed by atoms with Crippen molar-refractivity contribution in [1.82, 2.24) is 14.7 Å². The van der Waals surface area contributed by atoms with E-state index < -0.39 is 5.60 Å². The zero-order chi connectivity index (χ0) is 21.2. The van der Waals surface area contributed by atoms with Gasteiger partial charge in [0.25, 0.3) is 5.91 Å². The van der Waals surface area contributed by atoms with Gasteiger partial charge in [-0.05, 0) is 39.8 Å². The topological polar surface area (TPSA) is 85.7 Å². The lowest BCUT2D eigenvalue weighted by Crippen LogP contribution is -2.40. The van der Waals surface area contributed by atoms with Gasteiger partial charge in [0, 0.05) is 25.6 Å². The number of rotatable bonds is 4. The SMILES string of the molecule is Cc1ccc(OCC(=O)Nc2c3c(nn2C)CCN(C(=O)OC(C)(C)C)C3)cc1. The summed E-state index contributed by atoms with van der Waals surface area (Å²) in [6.45, 7) is 8.26. The van der Waals surface area contributed by atoms with Crippen LogP contribution in [-0.2, 0) is 29.5 Å². The molecule has 0 radical (unpaired) electrons. The quantitative estimate of drug-likeness (QED) is 0.853. The molecule has 2 aromatic rings. The van der Waals surface area contributed by atoms with Crippen molar-refractivity contribution < 1.29 is 19.1 Å². The summed E-state index contributed by atoms with van der Waals surface area (Å²) in [6.07, 6.45) is 0.241. The molecule has 156 valence electrons. The standard InChI is InChI=1S/C21H28N4O4/c1-14-6-8-15(9-7-14)28-13-18(26)22-19-16-12-25(20(27)29-21(2,3)4)11-10-17(16)23-24(19)5/h6-9H,10-13H2,1-5H3,(H,22,26). The van der Waals surface area contributed by atoms with Crippen LogP contribution >= 0.6 is 0 Å². The predicted molar refractivity (Wildman–Crippen MR) is 109 cm³/mol. The highest BCUT2D eigenvalue weighted by molar-refractivity contribution is 5.92. The Morgan fingerprint density at radius 3 is 2.55 bits per heavy atom. The number of anilines is 1. The Bertz CT molecular complexity index is 897. The van der Waals surface area contributed by atoms with E-state index in [9.17, 15) is 9.59 Å². The van der Waals surface area contributed by atoms with Crippen LogP contribution in [0.2, 0.25) is 0 Å². The zero-order valence-corrected chi connectivity index (χ0v) is 17.6. The van der Waals surface area contributed by atoms with E-state index >= 15 is 0 Å². The molecule has 0 spiro atoms. The third-order valence-corrected chi connectivity index (χ3v) is 4.50. The molecule has 8 heteroatoms. The van der Waals surface area contributed by atoms with Gasteiger partial charge in [0.1, 0.15) is 17.2 Å². The average molecular weight is 400 g/mol. The Kier molecular flexibility index (Phi) is 5.81. The molecule has 0 saturated heterocycles. The van der Waals surface area contributed by atoms with E-state index in [-0.39, 0.29) is 18.6 Å². The zero-order valence-electron chi connectivity index (χ0n) is 17.6. The van der Waals surface area contributed by atoms with E-state index in [0.29, 0.717) is 31.1 Å². The van der Waals surface area contributed by atoms with Crippen LogP contribution < -0.4 is 10.1 Å². The number of benzene rings is 1. The van der Waals surface area contributed by atoms with Crippen LogP contribution in [0.25, 0.3) is 0 Å². The van der Waals surface area contributed by atoms with Crippen molar-refractivity contribution in [2.24, 2.45) is 7.05 Å². The Labute approximate surface area is 170 Å². The third-order valence-electron chi connectivity index (χ3n) is 4.50. The predicted octanol–water partition coefficient (Wildman–Crippen LogP) is 3.04. The molecule has 1 aliphatic rings. The van der Waals surface area contributed by atoms with E-state index in [1.54, 1.807) is 16.6 Å². The van der Waals surface area contributed by atoms with Crippen molar-refractivity contribution in [2.75, 3.05) is 18.5 Å². The Hall–Kier alpha value is -3.03. The van der Waals surface area contributed by atoms with Crippen LogP contribution in [0.15, 0.2) is 24.3 Å². The number of nitrogens with one attached hydrogen (secondary N) is 1. The molecule has 1 aliphatic heterocycles. The molecular formula is C21H28N4O4. The second kappa shape index (κ2) is 8.14. The summed E-state index contributed by atoms with van der Waals surface area (Å²) in [4.78, 5) is 26.5. The highest BCUT2D eigenvalue weighted by Gasteiger charge is 2.30. The smallest absolute Gasteiger partial charge is 0.410 e. The highest BCUT2D eigenvalue weighted by Crippen LogP contribution is 2.27. The van der Waals surface area contributed by atoms with Crippen molar-refractivity contribution in [3.05, 3.63) is 41.1 Å². The number of aryl methyl sites for hydroxylation is 2. The number of aromatic nitrogens is 2. The summed E-state index contributed by atoms with van der Waals surface area (Å²) < 4.78 is 12.6. The molecular weight excluding hydrogens is 372 g/mol. The Morgan fingerprint density at radius 1 is 1.21 bits per heavy atom. The summed E-state index contributed by atoms with van der Waals surface area (Å²) in [7, 11) is 1.77. The minimum absolute atomic E-state index is 0.112. The van der Waals surface area contributed by atoms with Crippen LogP contribution in [0, 0.1) is 6.92 Å². The molecule has 8 nitrogen and oxygen atoms in total. The van der Waals surface area contributed by atoms with Crippen LogP contribution in [0.5, 0.6) is 5.75 Å². The molecule has 2 heterocycles. The normalized spacial score (nSPS) is 13.6. The molecule has 1 aromatic carbocycles. The van der Waals surface area contributed by atoms with Gasteiger partial charge in [-0.2, -0.15) is 5.10 Å². The van der Waals surface area contributed by atoms with E-state index in [4.69, 9.17) is 9.47 Å². The van der Waals surface area contributed by atoms with Crippen molar-refractivity contribution >= 4 is 17.8 Å². The van der Waals surface area contributed by atoms with Gasteiger partial charge in [-0.15, -0.1) is 0 Å². The molecule has 0 unspecified atom stereocenters. The van der Waals surface area contributed by atoms with E-state index in [1.807, 2.05) is 52.0 Å². The van der Waals surface area contributed by atoms with Gasteiger partial charge in [0.05, 0.1) is 12.2 Å². The lowest BCUT2D eigenvalue weighted by atomic mass is 10.1. The molecule has 3 rings (SSSR count). The maximum atomic E-state index is 12.4. The maximum Gasteiger partial charge on any atom is 0.410 e. The van der Waals surface area contributed by atoms with Gasteiger partial charge in [-0.25, -0.2) is 4.79 Å². The van der Waals surface area contributed by atoms with Crippen LogP contribution in [0.3, 0.4) is 0 Å². The largest absolute Gasteiger partial charge is 0.484 e. The molecule has 29 heavy (non-hydrogen) atoms. The van der Waals surface area contributed by atoms with Crippen LogP contribution in [-0.4, -0.2) is 45.4 Å². The van der Waals surface area contributed by atoms with Gasteiger partial charge in [0.2, 0.25) is 0 Å². The number of nitrogens with zero attached hydrogens (tertiary/aromatic N) is 3. The van der Waals surface area contributed by atoms with E-state index in [0.717, 1.165) is 16.8 Å². The third kappa shape index (κ3) is 5.28. The van der Waals surface area contributed by atoms with Crippen LogP contribution in [0.1, 0.15) is 37.6 Å².